The maximum absolute atomic E-state index is 14.4. The molecule has 0 aliphatic heterocycles. The fraction of sp³-hybridized carbons (Fsp3) is 0.385. The van der Waals surface area contributed by atoms with Gasteiger partial charge in [0, 0.05) is 24.9 Å². The minimum Gasteiger partial charge on any atom is -0.308 e. The van der Waals surface area contributed by atoms with Gasteiger partial charge >= 0.3 is 0 Å². The van der Waals surface area contributed by atoms with Crippen molar-refractivity contribution < 1.29 is 18.4 Å². The fourth-order valence-electron chi connectivity index (χ4n) is 4.39. The predicted molar refractivity (Wildman–Crippen MR) is 123 cm³/mol. The number of benzene rings is 2. The Morgan fingerprint density at radius 2 is 1.09 bits per heavy atom. The lowest BCUT2D eigenvalue weighted by atomic mass is 9.80. The zero-order valence-electron chi connectivity index (χ0n) is 18.8. The van der Waals surface area contributed by atoms with Crippen molar-refractivity contribution in [3.63, 3.8) is 0 Å². The van der Waals surface area contributed by atoms with E-state index < -0.39 is 23.5 Å². The molecule has 6 nitrogen and oxygen atoms in total. The van der Waals surface area contributed by atoms with E-state index in [1.807, 2.05) is 12.1 Å². The molecule has 8 heteroatoms. The zero-order chi connectivity index (χ0) is 24.5. The molecule has 0 saturated heterocycles. The Hall–Kier alpha value is -3.78. The number of nitrogens with zero attached hydrogens (tertiary/aromatic N) is 4. The van der Waals surface area contributed by atoms with Crippen LogP contribution in [0.3, 0.4) is 0 Å². The highest BCUT2D eigenvalue weighted by Gasteiger charge is 2.35. The number of para-hydroxylation sites is 2. The van der Waals surface area contributed by atoms with Crippen LogP contribution in [-0.4, -0.2) is 24.9 Å². The van der Waals surface area contributed by atoms with Crippen molar-refractivity contribution in [3.8, 4) is 12.1 Å². The molecule has 2 amide bonds. The molecule has 1 fully saturated rings. The number of rotatable bonds is 8. The van der Waals surface area contributed by atoms with E-state index in [0.717, 1.165) is 0 Å². The third kappa shape index (κ3) is 5.77. The summed E-state index contributed by atoms with van der Waals surface area (Å²) >= 11 is 0. The number of nitriles is 2. The van der Waals surface area contributed by atoms with Crippen LogP contribution in [0.1, 0.15) is 38.5 Å². The van der Waals surface area contributed by atoms with Gasteiger partial charge < -0.3 is 9.80 Å². The first-order chi connectivity index (χ1) is 16.5. The van der Waals surface area contributed by atoms with Crippen molar-refractivity contribution >= 4 is 23.2 Å². The van der Waals surface area contributed by atoms with E-state index in [9.17, 15) is 18.4 Å². The van der Waals surface area contributed by atoms with Crippen LogP contribution in [0.5, 0.6) is 0 Å². The molecule has 1 saturated carbocycles. The smallest absolute Gasteiger partial charge is 0.230 e. The number of hydrogen-bond donors (Lipinski definition) is 0. The highest BCUT2D eigenvalue weighted by molar-refractivity contribution is 5.97. The van der Waals surface area contributed by atoms with E-state index >= 15 is 0 Å². The van der Waals surface area contributed by atoms with Gasteiger partial charge in [-0.1, -0.05) is 24.3 Å². The van der Waals surface area contributed by atoms with E-state index in [1.165, 1.54) is 46.2 Å². The molecule has 0 heterocycles. The standard InChI is InChI=1S/C26H26F2N4O2/c27-21-7-1-3-9-23(21)31(17-5-15-29)25(33)19-11-13-20(14-12-19)26(34)32(18-6-16-30)24-10-4-2-8-22(24)28/h1-4,7-10,19-20H,5-6,11-14,17-18H2. The second-order valence-electron chi connectivity index (χ2n) is 8.25. The van der Waals surface area contributed by atoms with Crippen LogP contribution >= 0.6 is 0 Å². The van der Waals surface area contributed by atoms with Gasteiger partial charge in [0.15, 0.2) is 0 Å². The van der Waals surface area contributed by atoms with Crippen molar-refractivity contribution in [2.24, 2.45) is 11.8 Å². The molecular formula is C26H26F2N4O2. The molecule has 0 spiro atoms. The largest absolute Gasteiger partial charge is 0.308 e. The van der Waals surface area contributed by atoms with Crippen LogP contribution in [0.25, 0.3) is 0 Å². The summed E-state index contributed by atoms with van der Waals surface area (Å²) in [6.45, 7) is 0.175. The van der Waals surface area contributed by atoms with E-state index in [0.29, 0.717) is 25.7 Å². The predicted octanol–water partition coefficient (Wildman–Crippen LogP) is 4.96. The highest BCUT2D eigenvalue weighted by atomic mass is 19.1. The number of hydrogen-bond acceptors (Lipinski definition) is 4. The van der Waals surface area contributed by atoms with Crippen molar-refractivity contribution in [1.29, 1.82) is 10.5 Å². The van der Waals surface area contributed by atoms with E-state index in [-0.39, 0.29) is 49.1 Å². The van der Waals surface area contributed by atoms with Crippen LogP contribution in [-0.2, 0) is 9.59 Å². The minimum atomic E-state index is -0.532. The molecule has 34 heavy (non-hydrogen) atoms. The summed E-state index contributed by atoms with van der Waals surface area (Å²) in [5.41, 5.74) is 0.284. The lowest BCUT2D eigenvalue weighted by molar-refractivity contribution is -0.127. The SMILES string of the molecule is N#CCCN(C(=O)C1CCC(C(=O)N(CCC#N)c2ccccc2F)CC1)c1ccccc1F. The highest BCUT2D eigenvalue weighted by Crippen LogP contribution is 2.34. The van der Waals surface area contributed by atoms with Crippen LogP contribution in [0.15, 0.2) is 48.5 Å². The van der Waals surface area contributed by atoms with Crippen LogP contribution in [0.4, 0.5) is 20.2 Å². The molecular weight excluding hydrogens is 438 g/mol. The third-order valence-electron chi connectivity index (χ3n) is 6.14. The summed E-state index contributed by atoms with van der Waals surface area (Å²) in [6.07, 6.45) is 1.85. The Morgan fingerprint density at radius 3 is 1.41 bits per heavy atom. The van der Waals surface area contributed by atoms with Crippen molar-refractivity contribution in [2.75, 3.05) is 22.9 Å². The van der Waals surface area contributed by atoms with Crippen LogP contribution < -0.4 is 9.80 Å². The second kappa shape index (κ2) is 11.9. The lowest BCUT2D eigenvalue weighted by Gasteiger charge is -2.34. The summed E-state index contributed by atoms with van der Waals surface area (Å²) in [7, 11) is 0. The van der Waals surface area contributed by atoms with Gasteiger partial charge in [0.25, 0.3) is 0 Å². The molecule has 1 aliphatic rings. The lowest BCUT2D eigenvalue weighted by Crippen LogP contribution is -2.42. The molecule has 0 unspecified atom stereocenters. The fourth-order valence-corrected chi connectivity index (χ4v) is 4.39. The summed E-state index contributed by atoms with van der Waals surface area (Å²) in [5, 5.41) is 18.0. The Bertz CT molecular complexity index is 1010. The normalized spacial score (nSPS) is 17.3. The van der Waals surface area contributed by atoms with Gasteiger partial charge in [-0.25, -0.2) is 8.78 Å². The molecule has 1 aliphatic carbocycles. The number of carbonyl (C=O) groups excluding carboxylic acids is 2. The van der Waals surface area contributed by atoms with Gasteiger partial charge in [0.2, 0.25) is 11.8 Å². The molecule has 0 N–H and O–H groups in total. The third-order valence-corrected chi connectivity index (χ3v) is 6.14. The average molecular weight is 465 g/mol. The van der Waals surface area contributed by atoms with Crippen LogP contribution in [0.2, 0.25) is 0 Å². The van der Waals surface area contributed by atoms with Gasteiger partial charge in [-0.3, -0.25) is 9.59 Å². The summed E-state index contributed by atoms with van der Waals surface area (Å²) in [6, 6.07) is 15.9. The monoisotopic (exact) mass is 464 g/mol. The van der Waals surface area contributed by atoms with Crippen molar-refractivity contribution in [3.05, 3.63) is 60.2 Å². The Balaban J connectivity index is 1.71. The summed E-state index contributed by atoms with van der Waals surface area (Å²) in [5.74, 6) is -2.39. The van der Waals surface area contributed by atoms with E-state index in [4.69, 9.17) is 10.5 Å². The quantitative estimate of drug-likeness (QED) is 0.552. The number of halogens is 2. The number of amides is 2. The van der Waals surface area contributed by atoms with Gasteiger partial charge in [-0.05, 0) is 49.9 Å². The minimum absolute atomic E-state index is 0.0738. The average Bonchev–Trinajstić information content (AvgIpc) is 2.86. The maximum Gasteiger partial charge on any atom is 0.230 e. The molecule has 0 bridgehead atoms. The molecule has 176 valence electrons. The molecule has 2 aromatic rings. The molecule has 0 atom stereocenters. The molecule has 3 rings (SSSR count). The molecule has 2 aromatic carbocycles. The maximum atomic E-state index is 14.4. The van der Waals surface area contributed by atoms with Crippen molar-refractivity contribution in [1.82, 2.24) is 0 Å². The van der Waals surface area contributed by atoms with Crippen molar-refractivity contribution in [2.45, 2.75) is 38.5 Å². The van der Waals surface area contributed by atoms with Gasteiger partial charge in [-0.15, -0.1) is 0 Å². The number of carbonyl (C=O) groups is 2. The summed E-state index contributed by atoms with van der Waals surface area (Å²) < 4.78 is 28.7. The molecule has 0 aromatic heterocycles. The summed E-state index contributed by atoms with van der Waals surface area (Å²) in [4.78, 5) is 29.1. The Labute approximate surface area is 198 Å². The number of anilines is 2. The van der Waals surface area contributed by atoms with Gasteiger partial charge in [-0.2, -0.15) is 10.5 Å². The first-order valence-electron chi connectivity index (χ1n) is 11.3. The Morgan fingerprint density at radius 1 is 0.735 bits per heavy atom. The van der Waals surface area contributed by atoms with Gasteiger partial charge in [0.1, 0.15) is 11.6 Å². The van der Waals surface area contributed by atoms with E-state index in [1.54, 1.807) is 12.1 Å². The first-order valence-corrected chi connectivity index (χ1v) is 11.3. The van der Waals surface area contributed by atoms with Gasteiger partial charge in [0.05, 0.1) is 36.4 Å². The molecule has 0 radical (unpaired) electrons. The topological polar surface area (TPSA) is 88.2 Å². The zero-order valence-corrected chi connectivity index (χ0v) is 18.8. The van der Waals surface area contributed by atoms with Crippen LogP contribution in [0, 0.1) is 46.1 Å². The van der Waals surface area contributed by atoms with E-state index in [2.05, 4.69) is 0 Å². The first kappa shape index (κ1) is 24.9. The Kier molecular flexibility index (Phi) is 8.70. The second-order valence-corrected chi connectivity index (χ2v) is 8.25.